The number of hydrogen-bond donors (Lipinski definition) is 4. The van der Waals surface area contributed by atoms with Gasteiger partial charge in [0.15, 0.2) is 23.0 Å². The van der Waals surface area contributed by atoms with Crippen molar-refractivity contribution in [3.63, 3.8) is 0 Å². The van der Waals surface area contributed by atoms with E-state index in [1.165, 1.54) is 60.7 Å². The first-order valence-corrected chi connectivity index (χ1v) is 15.8. The van der Waals surface area contributed by atoms with Crippen LogP contribution in [0.5, 0.6) is 0 Å². The zero-order chi connectivity index (χ0) is 40.5. The number of ether oxygens (including phenoxy) is 4. The van der Waals surface area contributed by atoms with E-state index in [1.807, 2.05) is 13.8 Å². The number of esters is 4. The largest absolute Gasteiger partial charge is 0.465 e. The van der Waals surface area contributed by atoms with Crippen molar-refractivity contribution in [2.45, 2.75) is 27.7 Å². The van der Waals surface area contributed by atoms with Gasteiger partial charge in [0.25, 0.3) is 11.8 Å². The van der Waals surface area contributed by atoms with E-state index in [1.54, 1.807) is 0 Å². The van der Waals surface area contributed by atoms with Crippen LogP contribution >= 0.6 is 0 Å². The number of hydrazone groups is 2. The molecular weight excluding hydrogens is 708 g/mol. The molecule has 18 heteroatoms. The summed E-state index contributed by atoms with van der Waals surface area (Å²) >= 11 is 0. The molecule has 0 radical (unpaired) electrons. The highest BCUT2D eigenvalue weighted by molar-refractivity contribution is 6.67. The van der Waals surface area contributed by atoms with Crippen molar-refractivity contribution >= 4 is 81.4 Å². The number of anilines is 4. The fraction of sp³-hybridized carbons (Fsp3) is 0.222. The second-order valence-electron chi connectivity index (χ2n) is 10.2. The summed E-state index contributed by atoms with van der Waals surface area (Å²) in [5, 5.41) is 12.7. The van der Waals surface area contributed by atoms with Gasteiger partial charge in [-0.3, -0.25) is 30.0 Å². The predicted molar refractivity (Wildman–Crippen MR) is 197 cm³/mol. The monoisotopic (exact) mass is 746 g/mol. The molecule has 0 aliphatic carbocycles. The van der Waals surface area contributed by atoms with Crippen molar-refractivity contribution in [2.24, 2.45) is 10.2 Å². The Balaban J connectivity index is 0.00000495. The molecule has 0 atom stereocenters. The van der Waals surface area contributed by atoms with E-state index in [0.717, 1.165) is 42.3 Å². The number of hydrogen-bond acceptors (Lipinski definition) is 16. The van der Waals surface area contributed by atoms with Crippen molar-refractivity contribution in [1.82, 2.24) is 0 Å². The fourth-order valence-electron chi connectivity index (χ4n) is 4.17. The number of benzene rings is 3. The van der Waals surface area contributed by atoms with Gasteiger partial charge in [-0.2, -0.15) is 10.2 Å². The minimum absolute atomic E-state index is 0.0462. The average molecular weight is 747 g/mol. The van der Waals surface area contributed by atoms with Crippen molar-refractivity contribution in [3.8, 4) is 0 Å². The third-order valence-corrected chi connectivity index (χ3v) is 6.77. The second-order valence-corrected chi connectivity index (χ2v) is 10.2. The lowest BCUT2D eigenvalue weighted by molar-refractivity contribution is -0.116. The molecule has 0 saturated carbocycles. The molecule has 0 fully saturated rings. The van der Waals surface area contributed by atoms with Crippen molar-refractivity contribution in [2.75, 3.05) is 49.9 Å². The quantitative estimate of drug-likeness (QED) is 0.0602. The van der Waals surface area contributed by atoms with E-state index < -0.39 is 58.7 Å². The molecule has 54 heavy (non-hydrogen) atoms. The molecule has 3 rings (SSSR count). The number of carbonyl (C=O) groups is 8. The van der Waals surface area contributed by atoms with Crippen LogP contribution in [0.4, 0.5) is 22.7 Å². The first-order valence-electron chi connectivity index (χ1n) is 15.8. The van der Waals surface area contributed by atoms with Gasteiger partial charge in [-0.1, -0.05) is 13.8 Å². The topological polar surface area (TPSA) is 246 Å². The van der Waals surface area contributed by atoms with Crippen LogP contribution in [0.25, 0.3) is 0 Å². The van der Waals surface area contributed by atoms with E-state index in [2.05, 4.69) is 41.2 Å². The summed E-state index contributed by atoms with van der Waals surface area (Å²) < 4.78 is 18.8. The third kappa shape index (κ3) is 11.4. The third-order valence-electron chi connectivity index (χ3n) is 6.77. The summed E-state index contributed by atoms with van der Waals surface area (Å²) in [5.41, 5.74) is 3.94. The Labute approximate surface area is 309 Å². The van der Waals surface area contributed by atoms with Crippen LogP contribution in [-0.2, 0) is 38.1 Å². The van der Waals surface area contributed by atoms with Crippen molar-refractivity contribution in [3.05, 3.63) is 82.9 Å². The molecule has 0 bridgehead atoms. The van der Waals surface area contributed by atoms with Gasteiger partial charge in [0, 0.05) is 25.2 Å². The van der Waals surface area contributed by atoms with E-state index >= 15 is 0 Å². The van der Waals surface area contributed by atoms with Crippen LogP contribution in [-0.4, -0.2) is 87.1 Å². The Morgan fingerprint density at radius 1 is 0.481 bits per heavy atom. The number of rotatable bonds is 14. The molecule has 0 heterocycles. The summed E-state index contributed by atoms with van der Waals surface area (Å²) in [6.45, 7) is 6.17. The molecule has 2 amide bonds. The lowest BCUT2D eigenvalue weighted by Gasteiger charge is -2.12. The van der Waals surface area contributed by atoms with Gasteiger partial charge >= 0.3 is 23.9 Å². The molecule has 4 N–H and O–H groups in total. The predicted octanol–water partition coefficient (Wildman–Crippen LogP) is 3.85. The molecule has 18 nitrogen and oxygen atoms in total. The first kappa shape index (κ1) is 42.9. The average Bonchev–Trinajstić information content (AvgIpc) is 3.17. The highest BCUT2D eigenvalue weighted by Gasteiger charge is 2.22. The molecule has 3 aromatic rings. The summed E-state index contributed by atoms with van der Waals surface area (Å²) in [6, 6.07) is 13.1. The van der Waals surface area contributed by atoms with Crippen LogP contribution < -0.4 is 21.5 Å². The van der Waals surface area contributed by atoms with Gasteiger partial charge in [0.2, 0.25) is 0 Å². The maximum absolute atomic E-state index is 13.0. The van der Waals surface area contributed by atoms with Gasteiger partial charge in [-0.05, 0) is 60.7 Å². The standard InChI is InChI=1S/C34H32N6O12.C2H6/c1-17(41)27(39-37-25-15-19(31(45)49-3)7-13-23(25)33(47)51-5)29(43)35-21-9-11-22(12-10-21)36-30(44)28(18(2)42)40-38-26-16-20(32(46)50-4)8-14-24(26)34(48)52-6;1-2/h7-16,37-38H,1-6H3,(H,35,43)(H,36,44);1-2H3/b39-27-,40-28-;. The Hall–Kier alpha value is -7.24. The van der Waals surface area contributed by atoms with Gasteiger partial charge in [-0.15, -0.1) is 0 Å². The summed E-state index contributed by atoms with van der Waals surface area (Å²) in [6.07, 6.45) is 0. The summed E-state index contributed by atoms with van der Waals surface area (Å²) in [5.74, 6) is -6.40. The molecular formula is C36H38N6O12. The van der Waals surface area contributed by atoms with Gasteiger partial charge in [0.1, 0.15) is 0 Å². The molecule has 0 aliphatic rings. The molecule has 0 aromatic heterocycles. The number of amides is 2. The minimum Gasteiger partial charge on any atom is -0.465 e. The number of methoxy groups -OCH3 is 4. The Kier molecular flexibility index (Phi) is 16.4. The molecule has 0 aliphatic heterocycles. The molecule has 284 valence electrons. The smallest absolute Gasteiger partial charge is 0.340 e. The molecule has 0 saturated heterocycles. The van der Waals surface area contributed by atoms with Crippen molar-refractivity contribution in [1.29, 1.82) is 0 Å². The maximum atomic E-state index is 13.0. The summed E-state index contributed by atoms with van der Waals surface area (Å²) in [4.78, 5) is 99.1. The zero-order valence-corrected chi connectivity index (χ0v) is 30.6. The number of nitrogens with one attached hydrogen (secondary N) is 4. The SMILES string of the molecule is CC.COC(=O)c1ccc(C(=O)OC)c(N/N=C(/C(C)=O)C(=O)Nc2ccc(NC(=O)/C(=N\Nc3cc(C(=O)OC)ccc3C(=O)OC)C(C)=O)cc2)c1. The van der Waals surface area contributed by atoms with Crippen LogP contribution in [0, 0.1) is 0 Å². The lowest BCUT2D eigenvalue weighted by Crippen LogP contribution is -2.30. The first-order chi connectivity index (χ1) is 25.7. The van der Waals surface area contributed by atoms with E-state index in [0.29, 0.717) is 0 Å². The van der Waals surface area contributed by atoms with Crippen LogP contribution in [0.15, 0.2) is 70.9 Å². The number of ketones is 2. The normalized spacial score (nSPS) is 10.7. The Morgan fingerprint density at radius 2 is 0.796 bits per heavy atom. The Bertz CT molecular complexity index is 1860. The highest BCUT2D eigenvalue weighted by Crippen LogP contribution is 2.22. The highest BCUT2D eigenvalue weighted by atomic mass is 16.5. The fourth-order valence-corrected chi connectivity index (χ4v) is 4.17. The van der Waals surface area contributed by atoms with Crippen molar-refractivity contribution < 1.29 is 57.3 Å². The van der Waals surface area contributed by atoms with Crippen LogP contribution in [0.1, 0.15) is 69.1 Å². The van der Waals surface area contributed by atoms with Gasteiger partial charge < -0.3 is 29.6 Å². The Morgan fingerprint density at radius 3 is 1.07 bits per heavy atom. The molecule has 0 spiro atoms. The maximum Gasteiger partial charge on any atom is 0.340 e. The molecule has 3 aromatic carbocycles. The number of nitrogens with zero attached hydrogens (tertiary/aromatic N) is 2. The second kappa shape index (κ2) is 20.6. The van der Waals surface area contributed by atoms with E-state index in [4.69, 9.17) is 9.47 Å². The number of carbonyl (C=O) groups excluding carboxylic acids is 8. The van der Waals surface area contributed by atoms with Gasteiger partial charge in [0.05, 0.1) is 62.1 Å². The lowest BCUT2D eigenvalue weighted by atomic mass is 10.1. The van der Waals surface area contributed by atoms with E-state index in [9.17, 15) is 38.4 Å². The van der Waals surface area contributed by atoms with E-state index in [-0.39, 0.29) is 45.0 Å². The van der Waals surface area contributed by atoms with Crippen LogP contribution in [0.2, 0.25) is 0 Å². The zero-order valence-electron chi connectivity index (χ0n) is 30.6. The van der Waals surface area contributed by atoms with Gasteiger partial charge in [-0.25, -0.2) is 19.2 Å². The van der Waals surface area contributed by atoms with Crippen LogP contribution in [0.3, 0.4) is 0 Å². The number of Topliss-reactive ketones (excluding diaryl/α,β-unsaturated/α-hetero) is 2. The molecule has 0 unspecified atom stereocenters. The minimum atomic E-state index is -0.944. The summed E-state index contributed by atoms with van der Waals surface area (Å²) in [7, 11) is 4.61.